The van der Waals surface area contributed by atoms with Crippen LogP contribution in [0.2, 0.25) is 10.5 Å². The van der Waals surface area contributed by atoms with E-state index in [4.69, 9.17) is 0 Å². The predicted octanol–water partition coefficient (Wildman–Crippen LogP) is 3.90. The number of hydrogen-bond acceptors (Lipinski definition) is 1. The summed E-state index contributed by atoms with van der Waals surface area (Å²) >= 11 is -1.89. The van der Waals surface area contributed by atoms with Crippen molar-refractivity contribution < 1.29 is 4.57 Å². The molecular formula is C25H29GeN2+. The molecule has 2 aromatic carbocycles. The molecule has 0 radical (unpaired) electrons. The van der Waals surface area contributed by atoms with Gasteiger partial charge in [-0.2, -0.15) is 0 Å². The molecule has 2 aliphatic rings. The fourth-order valence-electron chi connectivity index (χ4n) is 5.29. The molecule has 0 amide bonds. The molecule has 3 heteroatoms. The van der Waals surface area contributed by atoms with Crippen molar-refractivity contribution >= 4 is 17.7 Å². The van der Waals surface area contributed by atoms with Gasteiger partial charge in [0.05, 0.1) is 0 Å². The van der Waals surface area contributed by atoms with Gasteiger partial charge in [-0.1, -0.05) is 0 Å². The molecule has 3 heterocycles. The Morgan fingerprint density at radius 2 is 1.82 bits per heavy atom. The van der Waals surface area contributed by atoms with E-state index in [1.54, 1.807) is 9.96 Å². The van der Waals surface area contributed by atoms with E-state index in [0.29, 0.717) is 0 Å². The topological polar surface area (TPSA) is 15.9 Å². The van der Waals surface area contributed by atoms with Crippen LogP contribution in [-0.4, -0.2) is 25.2 Å². The third kappa shape index (κ3) is 3.03. The van der Waals surface area contributed by atoms with Crippen molar-refractivity contribution in [2.24, 2.45) is 7.05 Å². The monoisotopic (exact) mass is 431 g/mol. The van der Waals surface area contributed by atoms with Crippen LogP contribution in [-0.2, 0) is 13.5 Å². The van der Waals surface area contributed by atoms with Crippen LogP contribution < -0.4 is 14.3 Å². The molecule has 0 aliphatic carbocycles. The Morgan fingerprint density at radius 1 is 0.964 bits per heavy atom. The molecule has 1 atom stereocenters. The molecular weight excluding hydrogens is 401 g/mol. The summed E-state index contributed by atoms with van der Waals surface area (Å²) in [4.78, 5) is 0. The minimum absolute atomic E-state index is 1.24. The summed E-state index contributed by atoms with van der Waals surface area (Å²) in [6.07, 6.45) is 5.17. The van der Waals surface area contributed by atoms with E-state index in [0.717, 1.165) is 0 Å². The fourth-order valence-corrected chi connectivity index (χ4v) is 15.5. The van der Waals surface area contributed by atoms with Crippen molar-refractivity contribution in [3.63, 3.8) is 0 Å². The second-order valence-corrected chi connectivity index (χ2v) is 18.0. The van der Waals surface area contributed by atoms with Crippen LogP contribution in [0.15, 0.2) is 60.8 Å². The van der Waals surface area contributed by atoms with Crippen molar-refractivity contribution in [2.75, 3.05) is 11.9 Å². The number of fused-ring (bicyclic) bond motifs is 2. The van der Waals surface area contributed by atoms with E-state index < -0.39 is 13.3 Å². The first-order chi connectivity index (χ1) is 13.7. The summed E-state index contributed by atoms with van der Waals surface area (Å²) < 4.78 is 4.19. The Kier molecular flexibility index (Phi) is 4.64. The third-order valence-electron chi connectivity index (χ3n) is 6.90. The summed E-state index contributed by atoms with van der Waals surface area (Å²) in [5.74, 6) is 0. The van der Waals surface area contributed by atoms with Crippen molar-refractivity contribution in [2.45, 2.75) is 30.3 Å². The van der Waals surface area contributed by atoms with Crippen LogP contribution in [0, 0.1) is 6.92 Å². The standard InChI is InChI=1S/C25H29GeN2/c1-19-10-11-21(20-7-4-3-5-8-20)15-23(19)25-16-22-9-6-12-26(13-14-27-18-26)24(22)17-28(25)2/h3-5,7-8,10-11,15-17,27H,6,9,12-14,18H2,1-2H3/q+1. The molecule has 0 saturated carbocycles. The molecule has 1 N–H and O–H groups in total. The van der Waals surface area contributed by atoms with Gasteiger partial charge < -0.3 is 0 Å². The van der Waals surface area contributed by atoms with Crippen LogP contribution in [0.3, 0.4) is 0 Å². The van der Waals surface area contributed by atoms with Crippen molar-refractivity contribution in [1.29, 1.82) is 0 Å². The number of nitrogens with one attached hydrogen (secondary N) is 1. The maximum atomic E-state index is 3.70. The molecule has 1 fully saturated rings. The first-order valence-electron chi connectivity index (χ1n) is 10.6. The van der Waals surface area contributed by atoms with Crippen LogP contribution in [0.25, 0.3) is 22.4 Å². The van der Waals surface area contributed by atoms with Crippen LogP contribution in [0.1, 0.15) is 17.5 Å². The summed E-state index contributed by atoms with van der Waals surface area (Å²) in [7, 11) is 2.25. The molecule has 5 rings (SSSR count). The molecule has 1 spiro atoms. The zero-order chi connectivity index (χ0) is 19.1. The molecule has 2 aliphatic heterocycles. The van der Waals surface area contributed by atoms with Gasteiger partial charge in [0.15, 0.2) is 0 Å². The van der Waals surface area contributed by atoms with Gasteiger partial charge in [0.2, 0.25) is 0 Å². The second kappa shape index (κ2) is 7.16. The first kappa shape index (κ1) is 18.1. The quantitative estimate of drug-likeness (QED) is 0.482. The summed E-state index contributed by atoms with van der Waals surface area (Å²) in [5.41, 5.74) is 8.31. The Hall–Kier alpha value is -1.91. The number of hydrogen-bond donors (Lipinski definition) is 1. The molecule has 3 aromatic rings. The van der Waals surface area contributed by atoms with Crippen LogP contribution in [0.4, 0.5) is 0 Å². The van der Waals surface area contributed by atoms with Crippen LogP contribution >= 0.6 is 0 Å². The summed E-state index contributed by atoms with van der Waals surface area (Å²) in [6.45, 7) is 3.48. The second-order valence-electron chi connectivity index (χ2n) is 8.66. The molecule has 2 nitrogen and oxygen atoms in total. The minimum atomic E-state index is -1.89. The van der Waals surface area contributed by atoms with E-state index in [1.807, 2.05) is 0 Å². The van der Waals surface area contributed by atoms with Gasteiger partial charge in [0.1, 0.15) is 0 Å². The third-order valence-corrected chi connectivity index (χ3v) is 17.5. The van der Waals surface area contributed by atoms with E-state index in [2.05, 4.69) is 84.6 Å². The average molecular weight is 430 g/mol. The van der Waals surface area contributed by atoms with E-state index in [9.17, 15) is 0 Å². The molecule has 1 unspecified atom stereocenters. The Labute approximate surface area is 171 Å². The molecule has 1 saturated heterocycles. The van der Waals surface area contributed by atoms with Gasteiger partial charge in [0.25, 0.3) is 0 Å². The Bertz CT molecular complexity index is 1020. The Morgan fingerprint density at radius 3 is 2.61 bits per heavy atom. The van der Waals surface area contributed by atoms with Gasteiger partial charge in [-0.3, -0.25) is 0 Å². The predicted molar refractivity (Wildman–Crippen MR) is 119 cm³/mol. The molecule has 0 bridgehead atoms. The molecule has 28 heavy (non-hydrogen) atoms. The van der Waals surface area contributed by atoms with Crippen molar-refractivity contribution in [3.8, 4) is 22.4 Å². The average Bonchev–Trinajstić information content (AvgIpc) is 3.19. The van der Waals surface area contributed by atoms with Crippen molar-refractivity contribution in [3.05, 3.63) is 71.9 Å². The molecule has 142 valence electrons. The van der Waals surface area contributed by atoms with Gasteiger partial charge >= 0.3 is 171 Å². The van der Waals surface area contributed by atoms with Crippen molar-refractivity contribution in [1.82, 2.24) is 5.32 Å². The maximum absolute atomic E-state index is 3.70. The first-order valence-corrected chi connectivity index (χ1v) is 16.1. The number of pyridine rings is 1. The summed E-state index contributed by atoms with van der Waals surface area (Å²) in [5, 5.41) is 8.01. The number of rotatable bonds is 2. The van der Waals surface area contributed by atoms with Gasteiger partial charge in [-0.25, -0.2) is 0 Å². The SMILES string of the molecule is Cc1ccc(-c2ccccc2)cc1-c1cc2[c](c[n+]1C)[Ge]1([CH2]CC2)[CH2]CN[CH2]1. The molecule has 1 aromatic heterocycles. The number of benzene rings is 2. The zero-order valence-corrected chi connectivity index (χ0v) is 19.1. The Balaban J connectivity index is 1.63. The summed E-state index contributed by atoms with van der Waals surface area (Å²) in [6, 6.07) is 20.2. The number of nitrogens with zero attached hydrogens (tertiary/aromatic N) is 1. The van der Waals surface area contributed by atoms with E-state index >= 15 is 0 Å². The zero-order valence-electron chi connectivity index (χ0n) is 17.0. The number of aryl methyl sites for hydroxylation is 3. The number of aromatic nitrogens is 1. The van der Waals surface area contributed by atoms with Gasteiger partial charge in [0, 0.05) is 0 Å². The van der Waals surface area contributed by atoms with Gasteiger partial charge in [-0.15, -0.1) is 0 Å². The van der Waals surface area contributed by atoms with Gasteiger partial charge in [-0.05, 0) is 0 Å². The normalized spacial score (nSPS) is 21.1. The van der Waals surface area contributed by atoms with E-state index in [-0.39, 0.29) is 0 Å². The van der Waals surface area contributed by atoms with Crippen LogP contribution in [0.5, 0.6) is 0 Å². The van der Waals surface area contributed by atoms with E-state index in [1.165, 1.54) is 63.2 Å². The fraction of sp³-hybridized carbons (Fsp3) is 0.320.